The molecule has 0 aliphatic carbocycles. The van der Waals surface area contributed by atoms with Gasteiger partial charge in [0.2, 0.25) is 0 Å². The Hall–Kier alpha value is -3.02. The number of hydrogen-bond acceptors (Lipinski definition) is 4. The molecule has 3 aromatic rings. The second kappa shape index (κ2) is 10.5. The van der Waals surface area contributed by atoms with Gasteiger partial charge >= 0.3 is 0 Å². The molecule has 3 rings (SSSR count). The number of rotatable bonds is 10. The highest BCUT2D eigenvalue weighted by Gasteiger charge is 2.16. The number of nitrogens with zero attached hydrogens (tertiary/aromatic N) is 2. The highest BCUT2D eigenvalue weighted by atomic mass is 16.6. The molecule has 0 heterocycles. The first-order valence-electron chi connectivity index (χ1n) is 9.92. The molecule has 0 bridgehead atoms. The molecule has 0 unspecified atom stereocenters. The predicted octanol–water partition coefficient (Wildman–Crippen LogP) is 4.70. The van der Waals surface area contributed by atoms with Gasteiger partial charge in [0, 0.05) is 31.3 Å². The average Bonchev–Trinajstić information content (AvgIpc) is 2.73. The van der Waals surface area contributed by atoms with E-state index in [0.717, 1.165) is 37.1 Å². The lowest BCUT2D eigenvalue weighted by Gasteiger charge is -2.24. The summed E-state index contributed by atoms with van der Waals surface area (Å²) in [6.45, 7) is 3.99. The summed E-state index contributed by atoms with van der Waals surface area (Å²) in [6.07, 6.45) is 1.78. The zero-order valence-electron chi connectivity index (χ0n) is 16.8. The van der Waals surface area contributed by atoms with E-state index in [1.54, 1.807) is 12.1 Å². The van der Waals surface area contributed by atoms with E-state index in [0.29, 0.717) is 6.54 Å². The minimum absolute atomic E-state index is 0.171. The number of aryl methyl sites for hydroxylation is 1. The van der Waals surface area contributed by atoms with Crippen molar-refractivity contribution in [1.82, 2.24) is 10.4 Å². The van der Waals surface area contributed by atoms with E-state index in [4.69, 9.17) is 0 Å². The number of nitro benzene ring substituents is 1. The Morgan fingerprint density at radius 1 is 0.897 bits per heavy atom. The molecule has 0 atom stereocenters. The van der Waals surface area contributed by atoms with E-state index >= 15 is 0 Å². The molecule has 0 amide bonds. The minimum Gasteiger partial charge on any atom is -0.258 e. The molecular weight excluding hydrogens is 362 g/mol. The van der Waals surface area contributed by atoms with Crippen LogP contribution in [0.3, 0.4) is 0 Å². The zero-order valence-corrected chi connectivity index (χ0v) is 16.8. The van der Waals surface area contributed by atoms with Gasteiger partial charge in [-0.3, -0.25) is 15.5 Å². The van der Waals surface area contributed by atoms with Crippen molar-refractivity contribution >= 4 is 5.69 Å². The van der Waals surface area contributed by atoms with E-state index < -0.39 is 0 Å². The third kappa shape index (κ3) is 6.52. The molecular formula is C24H27N3O2. The second-order valence-corrected chi connectivity index (χ2v) is 7.19. The van der Waals surface area contributed by atoms with Crippen LogP contribution in [0.15, 0.2) is 78.9 Å². The molecule has 5 heteroatoms. The lowest BCUT2D eigenvalue weighted by molar-refractivity contribution is -0.385. The number of benzene rings is 3. The van der Waals surface area contributed by atoms with Crippen molar-refractivity contribution < 1.29 is 4.92 Å². The van der Waals surface area contributed by atoms with Crippen molar-refractivity contribution in [2.75, 3.05) is 13.1 Å². The fraction of sp³-hybridized carbons (Fsp3) is 0.250. The minimum atomic E-state index is -0.298. The molecule has 0 radical (unpaired) electrons. The predicted molar refractivity (Wildman–Crippen MR) is 117 cm³/mol. The van der Waals surface area contributed by atoms with Gasteiger partial charge in [0.25, 0.3) is 5.69 Å². The summed E-state index contributed by atoms with van der Waals surface area (Å²) < 4.78 is 0. The zero-order chi connectivity index (χ0) is 20.5. The Morgan fingerprint density at radius 2 is 1.52 bits per heavy atom. The van der Waals surface area contributed by atoms with Gasteiger partial charge in [-0.2, -0.15) is 0 Å². The summed E-state index contributed by atoms with van der Waals surface area (Å²) in [6, 6.07) is 25.9. The molecule has 0 fully saturated rings. The van der Waals surface area contributed by atoms with Gasteiger partial charge < -0.3 is 0 Å². The van der Waals surface area contributed by atoms with Crippen molar-refractivity contribution in [3.8, 4) is 0 Å². The number of hydrazine groups is 1. The van der Waals surface area contributed by atoms with E-state index in [9.17, 15) is 10.1 Å². The smallest absolute Gasteiger partial charge is 0.258 e. The lowest BCUT2D eigenvalue weighted by Crippen LogP contribution is -2.40. The van der Waals surface area contributed by atoms with Crippen molar-refractivity contribution in [2.24, 2.45) is 0 Å². The summed E-state index contributed by atoms with van der Waals surface area (Å²) in [5.74, 6) is 0. The number of nitrogens with one attached hydrogen (secondary N) is 1. The first-order valence-corrected chi connectivity index (χ1v) is 9.92. The molecule has 3 aromatic carbocycles. The summed E-state index contributed by atoms with van der Waals surface area (Å²) in [5.41, 5.74) is 7.93. The standard InChI is InChI=1S/C24H27N3O2/c1-20-12-13-24(27(28)29)23(18-20)19-26(17-15-22-10-6-3-7-11-22)25-16-14-21-8-4-2-5-9-21/h2-13,18,25H,14-17,19H2,1H3. The molecule has 0 saturated heterocycles. The SMILES string of the molecule is Cc1ccc([N+](=O)[O-])c(CN(CCc2ccccc2)NCCc2ccccc2)c1. The molecule has 0 aliphatic rings. The van der Waals surface area contributed by atoms with Gasteiger partial charge in [-0.15, -0.1) is 0 Å². The quantitative estimate of drug-likeness (QED) is 0.403. The molecule has 0 spiro atoms. The van der Waals surface area contributed by atoms with E-state index in [2.05, 4.69) is 34.7 Å². The maximum Gasteiger partial charge on any atom is 0.273 e. The van der Waals surface area contributed by atoms with Crippen molar-refractivity contribution in [3.05, 3.63) is 111 Å². The molecule has 1 N–H and O–H groups in total. The Morgan fingerprint density at radius 3 is 2.14 bits per heavy atom. The third-order valence-corrected chi connectivity index (χ3v) is 4.90. The highest BCUT2D eigenvalue weighted by Crippen LogP contribution is 2.21. The largest absolute Gasteiger partial charge is 0.273 e. The van der Waals surface area contributed by atoms with Crippen LogP contribution in [0.5, 0.6) is 0 Å². The van der Waals surface area contributed by atoms with Crippen LogP contribution in [0.25, 0.3) is 0 Å². The summed E-state index contributed by atoms with van der Waals surface area (Å²) in [5, 5.41) is 13.6. The van der Waals surface area contributed by atoms with Gasteiger partial charge in [0.05, 0.1) is 4.92 Å². The van der Waals surface area contributed by atoms with Crippen LogP contribution in [0.4, 0.5) is 5.69 Å². The highest BCUT2D eigenvalue weighted by molar-refractivity contribution is 5.42. The molecule has 29 heavy (non-hydrogen) atoms. The monoisotopic (exact) mass is 389 g/mol. The van der Waals surface area contributed by atoms with Crippen LogP contribution in [-0.2, 0) is 19.4 Å². The van der Waals surface area contributed by atoms with Crippen molar-refractivity contribution in [2.45, 2.75) is 26.3 Å². The summed E-state index contributed by atoms with van der Waals surface area (Å²) >= 11 is 0. The van der Waals surface area contributed by atoms with Crippen LogP contribution in [0.2, 0.25) is 0 Å². The van der Waals surface area contributed by atoms with Crippen molar-refractivity contribution in [1.29, 1.82) is 0 Å². The fourth-order valence-electron chi connectivity index (χ4n) is 3.35. The van der Waals surface area contributed by atoms with Crippen LogP contribution in [0, 0.1) is 17.0 Å². The van der Waals surface area contributed by atoms with E-state index in [1.807, 2.05) is 49.4 Å². The van der Waals surface area contributed by atoms with Crippen LogP contribution >= 0.6 is 0 Å². The molecule has 0 aromatic heterocycles. The van der Waals surface area contributed by atoms with Crippen LogP contribution in [0.1, 0.15) is 22.3 Å². The average molecular weight is 389 g/mol. The molecule has 0 aliphatic heterocycles. The van der Waals surface area contributed by atoms with E-state index in [1.165, 1.54) is 11.1 Å². The first-order chi connectivity index (χ1) is 14.1. The van der Waals surface area contributed by atoms with Crippen LogP contribution < -0.4 is 5.43 Å². The summed E-state index contributed by atoms with van der Waals surface area (Å²) in [7, 11) is 0. The van der Waals surface area contributed by atoms with Gasteiger partial charge in [-0.1, -0.05) is 72.3 Å². The molecule has 0 saturated carbocycles. The normalized spacial score (nSPS) is 11.0. The Kier molecular flexibility index (Phi) is 7.50. The van der Waals surface area contributed by atoms with Gasteiger partial charge in [0.1, 0.15) is 0 Å². The van der Waals surface area contributed by atoms with Gasteiger partial charge in [0.15, 0.2) is 0 Å². The second-order valence-electron chi connectivity index (χ2n) is 7.19. The van der Waals surface area contributed by atoms with Gasteiger partial charge in [-0.05, 0) is 37.0 Å². The lowest BCUT2D eigenvalue weighted by atomic mass is 10.1. The van der Waals surface area contributed by atoms with Crippen molar-refractivity contribution in [3.63, 3.8) is 0 Å². The van der Waals surface area contributed by atoms with Crippen LogP contribution in [-0.4, -0.2) is 23.0 Å². The van der Waals surface area contributed by atoms with Gasteiger partial charge in [-0.25, -0.2) is 5.01 Å². The Balaban J connectivity index is 1.69. The maximum atomic E-state index is 11.5. The first kappa shape index (κ1) is 20.7. The number of nitro groups is 1. The number of hydrogen-bond donors (Lipinski definition) is 1. The topological polar surface area (TPSA) is 58.4 Å². The Labute approximate surface area is 172 Å². The molecule has 5 nitrogen and oxygen atoms in total. The maximum absolute atomic E-state index is 11.5. The van der Waals surface area contributed by atoms with E-state index in [-0.39, 0.29) is 10.6 Å². The molecule has 150 valence electrons. The summed E-state index contributed by atoms with van der Waals surface area (Å²) in [4.78, 5) is 11.2. The third-order valence-electron chi connectivity index (χ3n) is 4.90. The fourth-order valence-corrected chi connectivity index (χ4v) is 3.35. The Bertz CT molecular complexity index is 914.